The monoisotopic (exact) mass is 410 g/mol. The average molecular weight is 411 g/mol. The highest BCUT2D eigenvalue weighted by molar-refractivity contribution is 5.89. The topological polar surface area (TPSA) is 67.4 Å². The van der Waals surface area contributed by atoms with Gasteiger partial charge in [-0.15, -0.1) is 0 Å². The number of carbonyl (C=O) groups is 2. The molecular formula is C25H34N2O3. The molecule has 0 aliphatic carbocycles. The van der Waals surface area contributed by atoms with Gasteiger partial charge in [0.2, 0.25) is 0 Å². The van der Waals surface area contributed by atoms with Crippen molar-refractivity contribution in [3.63, 3.8) is 0 Å². The summed E-state index contributed by atoms with van der Waals surface area (Å²) in [5, 5.41) is 5.56. The standard InChI is InChI=1S/C25H34N2O3/c1-16(2)27-24(29)26-14-19-8-10-20(11-9-19)23(28)30-15-22-17(3)12-21(13-18(22)4)25(5,6)7/h8-13,16H,14-15H2,1-7H3,(H2,26,27,29). The van der Waals surface area contributed by atoms with Crippen molar-refractivity contribution in [2.45, 2.75) is 73.1 Å². The molecule has 2 rings (SSSR count). The van der Waals surface area contributed by atoms with Gasteiger partial charge < -0.3 is 15.4 Å². The third-order valence-corrected chi connectivity index (χ3v) is 4.97. The summed E-state index contributed by atoms with van der Waals surface area (Å²) < 4.78 is 5.56. The Bertz CT molecular complexity index is 871. The van der Waals surface area contributed by atoms with E-state index in [-0.39, 0.29) is 30.1 Å². The molecule has 2 N–H and O–H groups in total. The molecule has 30 heavy (non-hydrogen) atoms. The summed E-state index contributed by atoms with van der Waals surface area (Å²) in [7, 11) is 0. The molecule has 2 amide bonds. The van der Waals surface area contributed by atoms with Gasteiger partial charge in [-0.25, -0.2) is 9.59 Å². The number of amides is 2. The van der Waals surface area contributed by atoms with Crippen molar-refractivity contribution in [1.82, 2.24) is 10.6 Å². The van der Waals surface area contributed by atoms with Crippen molar-refractivity contribution in [1.29, 1.82) is 0 Å². The van der Waals surface area contributed by atoms with Crippen LogP contribution in [0.25, 0.3) is 0 Å². The third-order valence-electron chi connectivity index (χ3n) is 4.97. The highest BCUT2D eigenvalue weighted by atomic mass is 16.5. The van der Waals surface area contributed by atoms with Gasteiger partial charge in [-0.2, -0.15) is 0 Å². The van der Waals surface area contributed by atoms with E-state index in [1.165, 1.54) is 5.56 Å². The van der Waals surface area contributed by atoms with E-state index in [2.05, 4.69) is 57.4 Å². The minimum atomic E-state index is -0.356. The van der Waals surface area contributed by atoms with Crippen LogP contribution in [0.4, 0.5) is 4.79 Å². The van der Waals surface area contributed by atoms with Crippen molar-refractivity contribution in [2.24, 2.45) is 0 Å². The van der Waals surface area contributed by atoms with E-state index in [0.29, 0.717) is 12.1 Å². The fraction of sp³-hybridized carbons (Fsp3) is 0.440. The number of aryl methyl sites for hydroxylation is 2. The van der Waals surface area contributed by atoms with Crippen LogP contribution in [-0.4, -0.2) is 18.0 Å². The van der Waals surface area contributed by atoms with Crippen LogP contribution in [0.3, 0.4) is 0 Å². The zero-order valence-electron chi connectivity index (χ0n) is 19.2. The molecule has 162 valence electrons. The van der Waals surface area contributed by atoms with Crippen LogP contribution in [0.1, 0.15) is 72.8 Å². The Morgan fingerprint density at radius 2 is 1.57 bits per heavy atom. The number of rotatable bonds is 6. The number of hydrogen-bond donors (Lipinski definition) is 2. The summed E-state index contributed by atoms with van der Waals surface area (Å²) in [6.45, 7) is 15.1. The predicted octanol–water partition coefficient (Wildman–Crippen LogP) is 5.17. The van der Waals surface area contributed by atoms with Gasteiger partial charge in [0.25, 0.3) is 0 Å². The largest absolute Gasteiger partial charge is 0.457 e. The Hall–Kier alpha value is -2.82. The van der Waals surface area contributed by atoms with E-state index in [1.54, 1.807) is 12.1 Å². The van der Waals surface area contributed by atoms with Gasteiger partial charge in [-0.05, 0) is 73.1 Å². The summed E-state index contributed by atoms with van der Waals surface area (Å²) in [6.07, 6.45) is 0. The molecule has 0 fully saturated rings. The van der Waals surface area contributed by atoms with E-state index < -0.39 is 0 Å². The number of ether oxygens (including phenoxy) is 1. The second kappa shape index (κ2) is 9.79. The minimum Gasteiger partial charge on any atom is -0.457 e. The molecule has 0 unspecified atom stereocenters. The first-order valence-electron chi connectivity index (χ1n) is 10.4. The van der Waals surface area contributed by atoms with Crippen molar-refractivity contribution in [3.05, 3.63) is 69.8 Å². The van der Waals surface area contributed by atoms with Gasteiger partial charge in [0.05, 0.1) is 5.56 Å². The maximum Gasteiger partial charge on any atom is 0.338 e. The van der Waals surface area contributed by atoms with Gasteiger partial charge in [0, 0.05) is 12.6 Å². The number of urea groups is 1. The van der Waals surface area contributed by atoms with E-state index in [0.717, 1.165) is 22.3 Å². The Morgan fingerprint density at radius 3 is 2.07 bits per heavy atom. The molecule has 0 heterocycles. The molecule has 0 aromatic heterocycles. The molecule has 0 bridgehead atoms. The highest BCUT2D eigenvalue weighted by Crippen LogP contribution is 2.27. The van der Waals surface area contributed by atoms with Crippen LogP contribution in [0, 0.1) is 13.8 Å². The lowest BCUT2D eigenvalue weighted by Crippen LogP contribution is -2.39. The average Bonchev–Trinajstić information content (AvgIpc) is 2.64. The summed E-state index contributed by atoms with van der Waals surface area (Å²) in [5.74, 6) is -0.356. The lowest BCUT2D eigenvalue weighted by atomic mass is 9.84. The molecule has 0 saturated heterocycles. The van der Waals surface area contributed by atoms with Gasteiger partial charge in [-0.3, -0.25) is 0 Å². The zero-order chi connectivity index (χ0) is 22.5. The quantitative estimate of drug-likeness (QED) is 0.646. The third kappa shape index (κ3) is 6.61. The molecule has 0 spiro atoms. The Labute approximate surface area is 180 Å². The second-order valence-electron chi connectivity index (χ2n) is 9.09. The van der Waals surface area contributed by atoms with Crippen LogP contribution in [-0.2, 0) is 23.3 Å². The van der Waals surface area contributed by atoms with E-state index in [4.69, 9.17) is 4.74 Å². The molecule has 0 aliphatic rings. The lowest BCUT2D eigenvalue weighted by molar-refractivity contribution is 0.0471. The van der Waals surface area contributed by atoms with Gasteiger partial charge in [-0.1, -0.05) is 45.0 Å². The van der Waals surface area contributed by atoms with Crippen molar-refractivity contribution in [3.8, 4) is 0 Å². The molecule has 2 aromatic carbocycles. The first-order valence-corrected chi connectivity index (χ1v) is 10.4. The van der Waals surface area contributed by atoms with Gasteiger partial charge in [0.15, 0.2) is 0 Å². The summed E-state index contributed by atoms with van der Waals surface area (Å²) >= 11 is 0. The molecule has 0 radical (unpaired) electrons. The zero-order valence-corrected chi connectivity index (χ0v) is 19.2. The van der Waals surface area contributed by atoms with Crippen LogP contribution < -0.4 is 10.6 Å². The molecule has 2 aromatic rings. The molecule has 5 heteroatoms. The molecule has 0 atom stereocenters. The van der Waals surface area contributed by atoms with Crippen molar-refractivity contribution in [2.75, 3.05) is 0 Å². The summed E-state index contributed by atoms with van der Waals surface area (Å²) in [6, 6.07) is 11.3. The normalized spacial score (nSPS) is 11.3. The summed E-state index contributed by atoms with van der Waals surface area (Å²) in [5.41, 5.74) is 6.08. The van der Waals surface area contributed by atoms with Crippen LogP contribution in [0.2, 0.25) is 0 Å². The number of benzene rings is 2. The molecule has 5 nitrogen and oxygen atoms in total. The molecule has 0 saturated carbocycles. The molecule has 0 aliphatic heterocycles. The maximum absolute atomic E-state index is 12.5. The number of nitrogens with one attached hydrogen (secondary N) is 2. The smallest absolute Gasteiger partial charge is 0.338 e. The van der Waals surface area contributed by atoms with E-state index in [9.17, 15) is 9.59 Å². The fourth-order valence-electron chi connectivity index (χ4n) is 3.13. The minimum absolute atomic E-state index is 0.0802. The highest BCUT2D eigenvalue weighted by Gasteiger charge is 2.17. The first kappa shape index (κ1) is 23.5. The fourth-order valence-corrected chi connectivity index (χ4v) is 3.13. The van der Waals surface area contributed by atoms with Crippen LogP contribution in [0.5, 0.6) is 0 Å². The maximum atomic E-state index is 12.5. The number of esters is 1. The van der Waals surface area contributed by atoms with Gasteiger partial charge >= 0.3 is 12.0 Å². The Morgan fingerprint density at radius 1 is 1.00 bits per heavy atom. The van der Waals surface area contributed by atoms with E-state index in [1.807, 2.05) is 26.0 Å². The first-order chi connectivity index (χ1) is 14.0. The van der Waals surface area contributed by atoms with Crippen molar-refractivity contribution >= 4 is 12.0 Å². The molecular weight excluding hydrogens is 376 g/mol. The van der Waals surface area contributed by atoms with Crippen LogP contribution in [0.15, 0.2) is 36.4 Å². The van der Waals surface area contributed by atoms with Gasteiger partial charge in [0.1, 0.15) is 6.61 Å². The predicted molar refractivity (Wildman–Crippen MR) is 121 cm³/mol. The summed E-state index contributed by atoms with van der Waals surface area (Å²) in [4.78, 5) is 24.1. The van der Waals surface area contributed by atoms with E-state index >= 15 is 0 Å². The number of carbonyl (C=O) groups excluding carboxylic acids is 2. The number of hydrogen-bond acceptors (Lipinski definition) is 3. The van der Waals surface area contributed by atoms with Crippen LogP contribution >= 0.6 is 0 Å². The lowest BCUT2D eigenvalue weighted by Gasteiger charge is -2.22. The van der Waals surface area contributed by atoms with Crippen molar-refractivity contribution < 1.29 is 14.3 Å². The second-order valence-corrected chi connectivity index (χ2v) is 9.09. The Kier molecular flexibility index (Phi) is 7.65. The Balaban J connectivity index is 1.96. The SMILES string of the molecule is Cc1cc(C(C)(C)C)cc(C)c1COC(=O)c1ccc(CNC(=O)NC(C)C)cc1.